The summed E-state index contributed by atoms with van der Waals surface area (Å²) in [4.78, 5) is 20.3. The van der Waals surface area contributed by atoms with Crippen molar-refractivity contribution >= 4 is 11.8 Å². The normalized spacial score (nSPS) is 8.40. The molecule has 15 heavy (non-hydrogen) atoms. The van der Waals surface area contributed by atoms with E-state index in [9.17, 15) is 9.70 Å². The maximum atomic E-state index is 10.2. The maximum absolute atomic E-state index is 10.2. The van der Waals surface area contributed by atoms with Crippen molar-refractivity contribution < 1.29 is 9.53 Å². The van der Waals surface area contributed by atoms with Gasteiger partial charge in [0.1, 0.15) is 12.3 Å². The fraction of sp³-hybridized carbons (Fsp3) is 0.300. The van der Waals surface area contributed by atoms with E-state index >= 15 is 0 Å². The van der Waals surface area contributed by atoms with Gasteiger partial charge in [0, 0.05) is 0 Å². The van der Waals surface area contributed by atoms with Crippen molar-refractivity contribution in [3.05, 3.63) is 34.7 Å². The minimum atomic E-state index is -0.822. The Hall–Kier alpha value is -1.91. The van der Waals surface area contributed by atoms with Crippen LogP contribution in [0, 0.1) is 4.91 Å². The Morgan fingerprint density at radius 2 is 1.87 bits per heavy atom. The number of nitroso groups, excluding NO2 is 1. The van der Waals surface area contributed by atoms with Crippen molar-refractivity contribution in [2.24, 2.45) is 10.9 Å². The predicted molar refractivity (Wildman–Crippen MR) is 57.6 cm³/mol. The third-order valence-electron chi connectivity index (χ3n) is 1.42. The highest BCUT2D eigenvalue weighted by atomic mass is 16.5. The van der Waals surface area contributed by atoms with E-state index in [0.717, 1.165) is 5.56 Å². The van der Waals surface area contributed by atoms with Gasteiger partial charge < -0.3 is 10.5 Å². The van der Waals surface area contributed by atoms with Gasteiger partial charge in [0.15, 0.2) is 0 Å². The van der Waals surface area contributed by atoms with Crippen LogP contribution in [0.2, 0.25) is 0 Å². The maximum Gasteiger partial charge on any atom is 0.404 e. The van der Waals surface area contributed by atoms with Gasteiger partial charge >= 0.3 is 6.09 Å². The van der Waals surface area contributed by atoms with E-state index < -0.39 is 6.09 Å². The van der Waals surface area contributed by atoms with Gasteiger partial charge in [-0.3, -0.25) is 0 Å². The number of rotatable bonds is 3. The largest absolute Gasteiger partial charge is 0.445 e. The second kappa shape index (κ2) is 7.49. The molecule has 1 rings (SSSR count). The molecule has 1 aromatic rings. The molecule has 0 fully saturated rings. The summed E-state index contributed by atoms with van der Waals surface area (Å²) in [5.74, 6) is 0. The van der Waals surface area contributed by atoms with Crippen LogP contribution < -0.4 is 5.73 Å². The van der Waals surface area contributed by atoms with Crippen LogP contribution in [-0.2, 0) is 11.3 Å². The van der Waals surface area contributed by atoms with Gasteiger partial charge in [0.2, 0.25) is 0 Å². The van der Waals surface area contributed by atoms with Gasteiger partial charge in [0.25, 0.3) is 0 Å². The summed E-state index contributed by atoms with van der Waals surface area (Å²) >= 11 is 0. The highest BCUT2D eigenvalue weighted by Crippen LogP contribution is 2.12. The Morgan fingerprint density at radius 1 is 1.33 bits per heavy atom. The lowest BCUT2D eigenvalue weighted by Crippen LogP contribution is -2.12. The van der Waals surface area contributed by atoms with Crippen LogP contribution in [0.15, 0.2) is 29.4 Å². The van der Waals surface area contributed by atoms with Crippen molar-refractivity contribution in [3.63, 3.8) is 0 Å². The smallest absolute Gasteiger partial charge is 0.404 e. The molecule has 0 radical (unpaired) electrons. The summed E-state index contributed by atoms with van der Waals surface area (Å²) in [6, 6.07) is 6.35. The lowest BCUT2D eigenvalue weighted by molar-refractivity contribution is 0.150. The fourth-order valence-electron chi connectivity index (χ4n) is 0.807. The van der Waals surface area contributed by atoms with Crippen LogP contribution in [0.1, 0.15) is 19.4 Å². The van der Waals surface area contributed by atoms with Gasteiger partial charge in [-0.2, -0.15) is 0 Å². The van der Waals surface area contributed by atoms with Crippen LogP contribution >= 0.6 is 0 Å². The molecule has 0 saturated carbocycles. The Bertz CT molecular complexity index is 309. The summed E-state index contributed by atoms with van der Waals surface area (Å²) in [6.45, 7) is 4.11. The molecule has 5 nitrogen and oxygen atoms in total. The SMILES string of the molecule is CC.NC(=O)OCc1ccc(N=O)cc1. The van der Waals surface area contributed by atoms with Crippen LogP contribution in [-0.4, -0.2) is 6.09 Å². The molecule has 0 atom stereocenters. The number of nitrogens with zero attached hydrogens (tertiary/aromatic N) is 1. The van der Waals surface area contributed by atoms with Crippen molar-refractivity contribution in [2.75, 3.05) is 0 Å². The summed E-state index contributed by atoms with van der Waals surface area (Å²) < 4.78 is 4.53. The quantitative estimate of drug-likeness (QED) is 0.778. The van der Waals surface area contributed by atoms with Crippen molar-refractivity contribution in [3.8, 4) is 0 Å². The van der Waals surface area contributed by atoms with Crippen LogP contribution in [0.25, 0.3) is 0 Å². The van der Waals surface area contributed by atoms with Crippen molar-refractivity contribution in [1.82, 2.24) is 0 Å². The second-order valence-electron chi connectivity index (χ2n) is 2.37. The number of benzene rings is 1. The molecule has 1 amide bonds. The third kappa shape index (κ3) is 5.41. The topological polar surface area (TPSA) is 81.8 Å². The van der Waals surface area contributed by atoms with Crippen molar-refractivity contribution in [1.29, 1.82) is 0 Å². The summed E-state index contributed by atoms with van der Waals surface area (Å²) in [6.07, 6.45) is -0.822. The number of ether oxygens (including phenoxy) is 1. The lowest BCUT2D eigenvalue weighted by atomic mass is 10.2. The highest BCUT2D eigenvalue weighted by molar-refractivity contribution is 5.64. The number of hydrogen-bond acceptors (Lipinski definition) is 4. The average molecular weight is 210 g/mol. The Kier molecular flexibility index (Phi) is 6.54. The molecule has 1 aromatic carbocycles. The number of carbonyl (C=O) groups is 1. The van der Waals surface area contributed by atoms with E-state index in [1.54, 1.807) is 12.1 Å². The van der Waals surface area contributed by atoms with E-state index in [1.165, 1.54) is 12.1 Å². The number of carbonyl (C=O) groups excluding carboxylic acids is 1. The molecule has 0 aliphatic heterocycles. The van der Waals surface area contributed by atoms with E-state index in [2.05, 4.69) is 9.91 Å². The van der Waals surface area contributed by atoms with E-state index in [4.69, 9.17) is 5.73 Å². The summed E-state index contributed by atoms with van der Waals surface area (Å²) in [5, 5.41) is 2.72. The van der Waals surface area contributed by atoms with Crippen LogP contribution in [0.3, 0.4) is 0 Å². The first-order valence-corrected chi connectivity index (χ1v) is 4.57. The van der Waals surface area contributed by atoms with Crippen LogP contribution in [0.4, 0.5) is 10.5 Å². The zero-order chi connectivity index (χ0) is 11.7. The monoisotopic (exact) mass is 210 g/mol. The molecular formula is C10H14N2O3. The highest BCUT2D eigenvalue weighted by Gasteiger charge is 1.97. The Morgan fingerprint density at radius 3 is 2.27 bits per heavy atom. The third-order valence-corrected chi connectivity index (χ3v) is 1.42. The Balaban J connectivity index is 0.000000921. The molecule has 0 bridgehead atoms. The van der Waals surface area contributed by atoms with Crippen LogP contribution in [0.5, 0.6) is 0 Å². The van der Waals surface area contributed by atoms with Gasteiger partial charge in [-0.1, -0.05) is 26.0 Å². The minimum absolute atomic E-state index is 0.106. The van der Waals surface area contributed by atoms with E-state index in [1.807, 2.05) is 13.8 Å². The fourth-order valence-corrected chi connectivity index (χ4v) is 0.807. The summed E-state index contributed by atoms with van der Waals surface area (Å²) in [7, 11) is 0. The molecule has 82 valence electrons. The minimum Gasteiger partial charge on any atom is -0.445 e. The first-order valence-electron chi connectivity index (χ1n) is 4.57. The first kappa shape index (κ1) is 13.1. The Labute approximate surface area is 88.2 Å². The molecule has 5 heteroatoms. The van der Waals surface area contributed by atoms with Gasteiger partial charge in [0.05, 0.1) is 0 Å². The van der Waals surface area contributed by atoms with Crippen molar-refractivity contribution in [2.45, 2.75) is 20.5 Å². The molecule has 0 aliphatic carbocycles. The molecule has 0 heterocycles. The zero-order valence-electron chi connectivity index (χ0n) is 8.77. The lowest BCUT2D eigenvalue weighted by Gasteiger charge is -2.00. The predicted octanol–water partition coefficient (Wildman–Crippen LogP) is 2.71. The molecule has 0 saturated heterocycles. The van der Waals surface area contributed by atoms with Gasteiger partial charge in [-0.05, 0) is 22.9 Å². The molecular weight excluding hydrogens is 196 g/mol. The first-order chi connectivity index (χ1) is 7.22. The average Bonchev–Trinajstić information content (AvgIpc) is 2.30. The molecule has 0 spiro atoms. The van der Waals surface area contributed by atoms with E-state index in [0.29, 0.717) is 5.69 Å². The molecule has 2 N–H and O–H groups in total. The molecule has 0 aromatic heterocycles. The standard InChI is InChI=1S/C8H8N2O3.C2H6/c9-8(11)13-5-6-1-3-7(10-12)4-2-6;1-2/h1-4H,5H2,(H2,9,11);1-2H3. The second-order valence-corrected chi connectivity index (χ2v) is 2.37. The van der Waals surface area contributed by atoms with Gasteiger partial charge in [-0.15, -0.1) is 4.91 Å². The molecule has 0 unspecified atom stereocenters. The number of primary amides is 1. The summed E-state index contributed by atoms with van der Waals surface area (Å²) in [5.41, 5.74) is 5.86. The number of amides is 1. The number of nitrogens with two attached hydrogens (primary N) is 1. The number of hydrogen-bond donors (Lipinski definition) is 1. The zero-order valence-corrected chi connectivity index (χ0v) is 8.77. The van der Waals surface area contributed by atoms with Gasteiger partial charge in [-0.25, -0.2) is 4.79 Å². The molecule has 0 aliphatic rings. The van der Waals surface area contributed by atoms with E-state index in [-0.39, 0.29) is 6.61 Å².